The summed E-state index contributed by atoms with van der Waals surface area (Å²) in [7, 11) is 0. The molecular weight excluding hydrogens is 368 g/mol. The molecule has 0 atom stereocenters. The van der Waals surface area contributed by atoms with Crippen molar-refractivity contribution < 1.29 is 0 Å². The van der Waals surface area contributed by atoms with E-state index >= 15 is 0 Å². The van der Waals surface area contributed by atoms with Crippen LogP contribution in [0.2, 0.25) is 0 Å². The van der Waals surface area contributed by atoms with Gasteiger partial charge in [-0.25, -0.2) is 15.0 Å². The number of rotatable bonds is 3. The van der Waals surface area contributed by atoms with Gasteiger partial charge in [-0.05, 0) is 42.5 Å². The maximum atomic E-state index is 4.63. The van der Waals surface area contributed by atoms with Crippen LogP contribution in [0.4, 0.5) is 0 Å². The van der Waals surface area contributed by atoms with E-state index in [9.17, 15) is 0 Å². The second kappa shape index (κ2) is 7.48. The lowest BCUT2D eigenvalue weighted by Crippen LogP contribution is -1.98. The summed E-state index contributed by atoms with van der Waals surface area (Å²) in [5.74, 6) is 2.17. The first-order valence-corrected chi connectivity index (χ1v) is 9.92. The number of hydrogen-bond donors (Lipinski definition) is 0. The van der Waals surface area contributed by atoms with Crippen LogP contribution in [0.15, 0.2) is 85.1 Å². The number of hydrogen-bond acceptors (Lipinski definition) is 4. The molecule has 5 aromatic rings. The molecule has 0 fully saturated rings. The van der Waals surface area contributed by atoms with Crippen molar-refractivity contribution in [2.24, 2.45) is 0 Å². The molecule has 0 N–H and O–H groups in total. The lowest BCUT2D eigenvalue weighted by Gasteiger charge is -2.09. The predicted molar refractivity (Wildman–Crippen MR) is 121 cm³/mol. The summed E-state index contributed by atoms with van der Waals surface area (Å²) in [4.78, 5) is 17.9. The van der Waals surface area contributed by atoms with E-state index in [1.165, 1.54) is 5.39 Å². The molecule has 0 bridgehead atoms. The van der Waals surface area contributed by atoms with Gasteiger partial charge in [-0.15, -0.1) is 0 Å². The Morgan fingerprint density at radius 3 is 2.07 bits per heavy atom. The normalized spacial score (nSPS) is 11.0. The van der Waals surface area contributed by atoms with Gasteiger partial charge in [0.2, 0.25) is 0 Å². The summed E-state index contributed by atoms with van der Waals surface area (Å²) in [6.07, 6.45) is 1.87. The number of nitrogens with zero attached hydrogens (tertiary/aromatic N) is 4. The molecule has 2 heterocycles. The van der Waals surface area contributed by atoms with Crippen LogP contribution in [0.3, 0.4) is 0 Å². The van der Waals surface area contributed by atoms with Crippen LogP contribution in [0.1, 0.15) is 11.6 Å². The number of pyridine rings is 1. The maximum absolute atomic E-state index is 4.63. The smallest absolute Gasteiger partial charge is 0.163 e. The van der Waals surface area contributed by atoms with Gasteiger partial charge in [-0.3, -0.25) is 4.98 Å². The predicted octanol–water partition coefficient (Wildman–Crippen LogP) is 6.04. The molecule has 0 aliphatic rings. The first-order valence-electron chi connectivity index (χ1n) is 9.92. The molecule has 0 unspecified atom stereocenters. The minimum absolute atomic E-state index is 0.707. The zero-order valence-corrected chi connectivity index (χ0v) is 16.9. The van der Waals surface area contributed by atoms with Gasteiger partial charge in [0.15, 0.2) is 5.82 Å². The van der Waals surface area contributed by atoms with Gasteiger partial charge < -0.3 is 0 Å². The Balaban J connectivity index is 1.52. The summed E-state index contributed by atoms with van der Waals surface area (Å²) in [5, 5.41) is 2.36. The Labute approximate surface area is 175 Å². The second-order valence-corrected chi connectivity index (χ2v) is 7.29. The molecule has 3 aromatic carbocycles. The van der Waals surface area contributed by atoms with Crippen LogP contribution in [-0.2, 0) is 0 Å². The van der Waals surface area contributed by atoms with Crippen LogP contribution >= 0.6 is 0 Å². The molecule has 4 nitrogen and oxygen atoms in total. The lowest BCUT2D eigenvalue weighted by atomic mass is 9.99. The van der Waals surface area contributed by atoms with Crippen molar-refractivity contribution in [2.45, 2.75) is 13.8 Å². The second-order valence-electron chi connectivity index (χ2n) is 7.29. The van der Waals surface area contributed by atoms with Crippen molar-refractivity contribution in [2.75, 3.05) is 0 Å². The molecule has 4 heteroatoms. The molecule has 30 heavy (non-hydrogen) atoms. The fourth-order valence-electron chi connectivity index (χ4n) is 3.75. The zero-order valence-electron chi connectivity index (χ0n) is 16.9. The number of benzene rings is 3. The van der Waals surface area contributed by atoms with E-state index in [0.717, 1.165) is 45.0 Å². The fourth-order valence-corrected chi connectivity index (χ4v) is 3.75. The summed E-state index contributed by atoms with van der Waals surface area (Å²) < 4.78 is 0. The van der Waals surface area contributed by atoms with Gasteiger partial charge in [0, 0.05) is 22.7 Å². The standard InChI is InChI=1S/C26H20N4/c1-17-28-18(2)30-26(29-17)23-8-5-7-22(16-23)19-10-12-21(13-11-19)25-24-9-4-3-6-20(24)14-15-27-25/h3-16H,1-2H3. The van der Waals surface area contributed by atoms with E-state index in [1.807, 2.05) is 38.2 Å². The van der Waals surface area contributed by atoms with Gasteiger partial charge >= 0.3 is 0 Å². The van der Waals surface area contributed by atoms with Crippen molar-refractivity contribution in [1.82, 2.24) is 19.9 Å². The van der Waals surface area contributed by atoms with E-state index in [0.29, 0.717) is 5.82 Å². The largest absolute Gasteiger partial charge is 0.256 e. The van der Waals surface area contributed by atoms with Crippen molar-refractivity contribution in [3.8, 4) is 33.8 Å². The topological polar surface area (TPSA) is 51.6 Å². The summed E-state index contributed by atoms with van der Waals surface area (Å²) in [5.41, 5.74) is 5.37. The van der Waals surface area contributed by atoms with E-state index < -0.39 is 0 Å². The Bertz CT molecular complexity index is 1330. The highest BCUT2D eigenvalue weighted by atomic mass is 15.0. The minimum atomic E-state index is 0.707. The van der Waals surface area contributed by atoms with Crippen LogP contribution in [0, 0.1) is 13.8 Å². The van der Waals surface area contributed by atoms with Gasteiger partial charge in [0.1, 0.15) is 11.6 Å². The third-order valence-electron chi connectivity index (χ3n) is 5.15. The zero-order chi connectivity index (χ0) is 20.5. The SMILES string of the molecule is Cc1nc(C)nc(-c2cccc(-c3ccc(-c4nccc5ccccc45)cc3)c2)n1. The molecule has 0 saturated heterocycles. The highest BCUT2D eigenvalue weighted by Gasteiger charge is 2.08. The number of aromatic nitrogens is 4. The average molecular weight is 388 g/mol. The first-order chi connectivity index (χ1) is 14.7. The lowest BCUT2D eigenvalue weighted by molar-refractivity contribution is 0.928. The van der Waals surface area contributed by atoms with Gasteiger partial charge in [0.05, 0.1) is 5.69 Å². The molecule has 0 amide bonds. The van der Waals surface area contributed by atoms with Gasteiger partial charge in [-0.2, -0.15) is 0 Å². The molecule has 144 valence electrons. The molecule has 0 aliphatic carbocycles. The molecule has 0 spiro atoms. The molecule has 5 rings (SSSR count). The molecule has 0 aliphatic heterocycles. The quantitative estimate of drug-likeness (QED) is 0.378. The van der Waals surface area contributed by atoms with Crippen molar-refractivity contribution in [3.63, 3.8) is 0 Å². The molecule has 2 aromatic heterocycles. The number of aryl methyl sites for hydroxylation is 2. The third kappa shape index (κ3) is 3.44. The van der Waals surface area contributed by atoms with Crippen molar-refractivity contribution in [1.29, 1.82) is 0 Å². The van der Waals surface area contributed by atoms with Crippen LogP contribution < -0.4 is 0 Å². The fraction of sp³-hybridized carbons (Fsp3) is 0.0769. The van der Waals surface area contributed by atoms with Crippen molar-refractivity contribution >= 4 is 10.8 Å². The van der Waals surface area contributed by atoms with Crippen molar-refractivity contribution in [3.05, 3.63) is 96.7 Å². The third-order valence-corrected chi connectivity index (χ3v) is 5.15. The highest BCUT2D eigenvalue weighted by Crippen LogP contribution is 2.30. The molecule has 0 saturated carbocycles. The summed E-state index contributed by atoms with van der Waals surface area (Å²) in [6, 6.07) is 27.2. The Morgan fingerprint density at radius 2 is 1.27 bits per heavy atom. The van der Waals surface area contributed by atoms with E-state index in [2.05, 4.69) is 80.6 Å². The number of fused-ring (bicyclic) bond motifs is 1. The Kier molecular flexibility index (Phi) is 4.52. The minimum Gasteiger partial charge on any atom is -0.256 e. The molecule has 0 radical (unpaired) electrons. The average Bonchev–Trinajstić information content (AvgIpc) is 2.78. The summed E-state index contributed by atoms with van der Waals surface area (Å²) >= 11 is 0. The van der Waals surface area contributed by atoms with E-state index in [-0.39, 0.29) is 0 Å². The van der Waals surface area contributed by atoms with Gasteiger partial charge in [0.25, 0.3) is 0 Å². The maximum Gasteiger partial charge on any atom is 0.163 e. The van der Waals surface area contributed by atoms with Crippen LogP contribution in [-0.4, -0.2) is 19.9 Å². The Morgan fingerprint density at radius 1 is 0.567 bits per heavy atom. The van der Waals surface area contributed by atoms with E-state index in [4.69, 9.17) is 0 Å². The molecular formula is C26H20N4. The van der Waals surface area contributed by atoms with Gasteiger partial charge in [-0.1, -0.05) is 66.7 Å². The monoisotopic (exact) mass is 388 g/mol. The van der Waals surface area contributed by atoms with Crippen LogP contribution in [0.25, 0.3) is 44.5 Å². The van der Waals surface area contributed by atoms with E-state index in [1.54, 1.807) is 0 Å². The first kappa shape index (κ1) is 18.1. The Hall–Kier alpha value is -3.92. The van der Waals surface area contributed by atoms with Crippen LogP contribution in [0.5, 0.6) is 0 Å². The summed E-state index contributed by atoms with van der Waals surface area (Å²) in [6.45, 7) is 3.78. The highest BCUT2D eigenvalue weighted by molar-refractivity contribution is 5.94.